The van der Waals surface area contributed by atoms with Gasteiger partial charge in [-0.05, 0) is 37.5 Å². The van der Waals surface area contributed by atoms with Crippen LogP contribution in [0.3, 0.4) is 0 Å². The van der Waals surface area contributed by atoms with E-state index in [1.165, 1.54) is 17.3 Å². The zero-order chi connectivity index (χ0) is 26.0. The van der Waals surface area contributed by atoms with Gasteiger partial charge in [-0.1, -0.05) is 31.7 Å². The van der Waals surface area contributed by atoms with Gasteiger partial charge in [0.2, 0.25) is 5.91 Å². The van der Waals surface area contributed by atoms with E-state index in [0.29, 0.717) is 18.8 Å². The van der Waals surface area contributed by atoms with Crippen molar-refractivity contribution in [2.24, 2.45) is 5.92 Å². The first-order chi connectivity index (χ1) is 17.2. The van der Waals surface area contributed by atoms with Gasteiger partial charge in [-0.25, -0.2) is 4.85 Å². The number of amides is 1. The van der Waals surface area contributed by atoms with Crippen LogP contribution in [0.2, 0.25) is 0 Å². The normalized spacial score (nSPS) is 37.3. The molecule has 1 aromatic carbocycles. The molecule has 37 heavy (non-hydrogen) atoms. The summed E-state index contributed by atoms with van der Waals surface area (Å²) in [4.78, 5) is 16.9. The minimum atomic E-state index is -1.42. The van der Waals surface area contributed by atoms with E-state index < -0.39 is 47.3 Å². The SMILES string of the molecule is C.[C-]#[N+]c1ccc([C@H]2CCO[C@@H]3[C@H](CN[C@@H]3C(=O)N[C@H]([C@H](C)Cl)[C@H]3OC(SC)[C@H](O)[C@H](O)C3O)C2)cc1. The average Bonchev–Trinajstić information content (AvgIpc) is 3.16. The second-order valence-corrected chi connectivity index (χ2v) is 11.4. The first-order valence-electron chi connectivity index (χ1n) is 12.2. The summed E-state index contributed by atoms with van der Waals surface area (Å²) in [6.45, 7) is 9.97. The molecule has 0 saturated carbocycles. The number of alkyl halides is 1. The number of hydrogen-bond acceptors (Lipinski definition) is 8. The summed E-state index contributed by atoms with van der Waals surface area (Å²) >= 11 is 7.62. The Morgan fingerprint density at radius 2 is 1.95 bits per heavy atom. The van der Waals surface area contributed by atoms with Crippen LogP contribution in [-0.2, 0) is 14.3 Å². The van der Waals surface area contributed by atoms with Gasteiger partial charge in [0.1, 0.15) is 35.9 Å². The van der Waals surface area contributed by atoms with Gasteiger partial charge in [0, 0.05) is 19.1 Å². The van der Waals surface area contributed by atoms with Crippen molar-refractivity contribution in [3.8, 4) is 0 Å². The monoisotopic (exact) mass is 555 g/mol. The maximum Gasteiger partial charge on any atom is 0.240 e. The number of rotatable bonds is 6. The lowest BCUT2D eigenvalue weighted by Gasteiger charge is -2.44. The highest BCUT2D eigenvalue weighted by Crippen LogP contribution is 2.37. The molecule has 0 aliphatic carbocycles. The highest BCUT2D eigenvalue weighted by molar-refractivity contribution is 7.99. The van der Waals surface area contributed by atoms with Crippen molar-refractivity contribution in [1.29, 1.82) is 0 Å². The minimum Gasteiger partial charge on any atom is -0.388 e. The molecule has 3 aliphatic heterocycles. The number of nitrogens with zero attached hydrogens (tertiary/aromatic N) is 1. The Kier molecular flexibility index (Phi) is 10.7. The van der Waals surface area contributed by atoms with Crippen LogP contribution in [0.5, 0.6) is 0 Å². The van der Waals surface area contributed by atoms with Crippen LogP contribution >= 0.6 is 23.4 Å². The minimum absolute atomic E-state index is 0. The van der Waals surface area contributed by atoms with Gasteiger partial charge in [0.05, 0.1) is 24.1 Å². The zero-order valence-electron chi connectivity index (χ0n) is 20.3. The zero-order valence-corrected chi connectivity index (χ0v) is 21.9. The average molecular weight is 556 g/mol. The molecule has 3 aliphatic rings. The molecule has 0 spiro atoms. The third-order valence-electron chi connectivity index (χ3n) is 7.53. The predicted octanol–water partition coefficient (Wildman–Crippen LogP) is 2.01. The molecule has 4 rings (SSSR count). The van der Waals surface area contributed by atoms with Crippen LogP contribution < -0.4 is 10.6 Å². The van der Waals surface area contributed by atoms with Gasteiger partial charge >= 0.3 is 0 Å². The molecule has 206 valence electrons. The van der Waals surface area contributed by atoms with E-state index in [4.69, 9.17) is 27.6 Å². The van der Waals surface area contributed by atoms with Crippen molar-refractivity contribution in [2.75, 3.05) is 19.4 Å². The van der Waals surface area contributed by atoms with Crippen molar-refractivity contribution < 1.29 is 29.6 Å². The molecule has 3 fully saturated rings. The molecule has 1 aromatic rings. The summed E-state index contributed by atoms with van der Waals surface area (Å²) in [5.41, 5.74) is 1.02. The Labute approximate surface area is 228 Å². The summed E-state index contributed by atoms with van der Waals surface area (Å²) in [5.74, 6) is 0.105. The van der Waals surface area contributed by atoms with E-state index >= 15 is 0 Å². The van der Waals surface area contributed by atoms with E-state index in [1.54, 1.807) is 13.2 Å². The molecule has 11 atom stereocenters. The smallest absolute Gasteiger partial charge is 0.240 e. The lowest BCUT2D eigenvalue weighted by molar-refractivity contribution is -0.205. The van der Waals surface area contributed by atoms with E-state index in [9.17, 15) is 20.1 Å². The Bertz CT molecular complexity index is 945. The Morgan fingerprint density at radius 1 is 1.24 bits per heavy atom. The molecule has 3 saturated heterocycles. The molecule has 11 heteroatoms. The lowest BCUT2D eigenvalue weighted by Crippen LogP contribution is -2.65. The Balaban J connectivity index is 0.00000380. The quantitative estimate of drug-likeness (QED) is 0.267. The fourth-order valence-corrected chi connectivity index (χ4v) is 6.39. The standard InChI is InChI=1S/C25H34ClN3O6S.CH4/c1-12(26)17(23-20(31)19(30)21(32)25(35-23)36-3)29-24(33)18-22-15(11-28-18)10-14(8-9-34-22)13-4-6-16(27-2)7-5-13;/h4-7,12,14-15,17-23,25,28,30-32H,8-11H2,1,3H3,(H,29,33);1H4/t12-,14-,15-,17+,18-,19+,20?,21+,22+,23+,25?;/m0./s1. The Morgan fingerprint density at radius 3 is 2.57 bits per heavy atom. The first-order valence-corrected chi connectivity index (χ1v) is 14.0. The molecule has 2 unspecified atom stereocenters. The summed E-state index contributed by atoms with van der Waals surface area (Å²) in [5, 5.41) is 36.7. The highest BCUT2D eigenvalue weighted by atomic mass is 35.5. The molecule has 1 amide bonds. The van der Waals surface area contributed by atoms with Crippen LogP contribution in [0.25, 0.3) is 4.85 Å². The highest BCUT2D eigenvalue weighted by Gasteiger charge is 2.49. The number of nitrogens with one attached hydrogen (secondary N) is 2. The number of benzene rings is 1. The number of carbonyl (C=O) groups is 1. The van der Waals surface area contributed by atoms with E-state index in [-0.39, 0.29) is 31.3 Å². The maximum absolute atomic E-state index is 13.4. The van der Waals surface area contributed by atoms with Gasteiger partial charge in [0.15, 0.2) is 5.69 Å². The van der Waals surface area contributed by atoms with Crippen molar-refractivity contribution in [3.05, 3.63) is 41.2 Å². The molecule has 0 bridgehead atoms. The second kappa shape index (κ2) is 13.1. The summed E-state index contributed by atoms with van der Waals surface area (Å²) in [6, 6.07) is 6.28. The summed E-state index contributed by atoms with van der Waals surface area (Å²) in [7, 11) is 0. The number of thioether (sulfide) groups is 1. The van der Waals surface area contributed by atoms with Crippen molar-refractivity contribution in [2.45, 2.75) is 86.5 Å². The second-order valence-electron chi connectivity index (χ2n) is 9.79. The van der Waals surface area contributed by atoms with Gasteiger partial charge in [-0.15, -0.1) is 23.4 Å². The van der Waals surface area contributed by atoms with Crippen LogP contribution in [0, 0.1) is 12.5 Å². The predicted molar refractivity (Wildman–Crippen MR) is 144 cm³/mol. The third kappa shape index (κ3) is 6.43. The molecule has 0 radical (unpaired) electrons. The maximum atomic E-state index is 13.4. The van der Waals surface area contributed by atoms with E-state index in [1.807, 2.05) is 24.3 Å². The fourth-order valence-electron chi connectivity index (χ4n) is 5.51. The number of hydrogen-bond donors (Lipinski definition) is 5. The fraction of sp³-hybridized carbons (Fsp3) is 0.692. The number of aliphatic hydroxyl groups is 3. The van der Waals surface area contributed by atoms with Gasteiger partial charge < -0.3 is 35.4 Å². The van der Waals surface area contributed by atoms with E-state index in [0.717, 1.165) is 12.8 Å². The lowest BCUT2D eigenvalue weighted by atomic mass is 9.85. The van der Waals surface area contributed by atoms with Crippen LogP contribution in [0.15, 0.2) is 24.3 Å². The number of carbonyl (C=O) groups excluding carboxylic acids is 1. The van der Waals surface area contributed by atoms with Crippen LogP contribution in [-0.4, -0.2) is 94.1 Å². The molecule has 0 aromatic heterocycles. The van der Waals surface area contributed by atoms with Crippen LogP contribution in [0.1, 0.15) is 38.7 Å². The summed E-state index contributed by atoms with van der Waals surface area (Å²) in [6.07, 6.45) is -1.98. The number of halogens is 1. The molecular formula is C26H38ClN3O6S. The largest absolute Gasteiger partial charge is 0.388 e. The number of ether oxygens (including phenoxy) is 2. The molecule has 5 N–H and O–H groups in total. The van der Waals surface area contributed by atoms with Gasteiger partial charge in [-0.3, -0.25) is 4.79 Å². The van der Waals surface area contributed by atoms with Crippen molar-refractivity contribution >= 4 is 35.0 Å². The van der Waals surface area contributed by atoms with Gasteiger partial charge in [-0.2, -0.15) is 0 Å². The van der Waals surface area contributed by atoms with Crippen LogP contribution in [0.4, 0.5) is 5.69 Å². The topological polar surface area (TPSA) is 125 Å². The molecular weight excluding hydrogens is 518 g/mol. The van der Waals surface area contributed by atoms with E-state index in [2.05, 4.69) is 15.5 Å². The third-order valence-corrected chi connectivity index (χ3v) is 8.66. The summed E-state index contributed by atoms with van der Waals surface area (Å²) < 4.78 is 12.0. The number of aliphatic hydroxyl groups excluding tert-OH is 3. The van der Waals surface area contributed by atoms with Crippen molar-refractivity contribution in [1.82, 2.24) is 10.6 Å². The number of fused-ring (bicyclic) bond motifs is 1. The van der Waals surface area contributed by atoms with Crippen molar-refractivity contribution in [3.63, 3.8) is 0 Å². The Hall–Kier alpha value is -1.42. The van der Waals surface area contributed by atoms with Gasteiger partial charge in [0.25, 0.3) is 0 Å². The molecule has 3 heterocycles. The molecule has 9 nitrogen and oxygen atoms in total. The first kappa shape index (κ1) is 30.1.